The number of carboxylic acid groups (broad SMARTS) is 1. The molecule has 2 atom stereocenters. The predicted octanol–water partition coefficient (Wildman–Crippen LogP) is 0.184. The van der Waals surface area contributed by atoms with Gasteiger partial charge in [0.2, 0.25) is 0 Å². The molecule has 0 saturated heterocycles. The van der Waals surface area contributed by atoms with Crippen molar-refractivity contribution in [2.24, 2.45) is 5.73 Å². The average Bonchev–Trinajstić information content (AvgIpc) is 2.17. The van der Waals surface area contributed by atoms with Gasteiger partial charge >= 0.3 is 5.97 Å². The summed E-state index contributed by atoms with van der Waals surface area (Å²) in [7, 11) is -3.57. The highest BCUT2D eigenvalue weighted by atomic mass is 32.2. The van der Waals surface area contributed by atoms with Crippen LogP contribution in [0.4, 0.5) is 0 Å². The molecular formula is C10H13NO4S. The summed E-state index contributed by atoms with van der Waals surface area (Å²) >= 11 is 0. The summed E-state index contributed by atoms with van der Waals surface area (Å²) in [6.45, 7) is 0. The summed E-state index contributed by atoms with van der Waals surface area (Å²) in [5.74, 6) is -1.33. The van der Waals surface area contributed by atoms with Crippen molar-refractivity contribution in [2.45, 2.75) is 11.3 Å². The first-order chi connectivity index (χ1) is 7.34. The lowest BCUT2D eigenvalue weighted by molar-refractivity contribution is -0.138. The molecule has 0 heterocycles. The molecule has 3 N–H and O–H groups in total. The van der Waals surface area contributed by atoms with E-state index in [2.05, 4.69) is 0 Å². The molecule has 0 aliphatic heterocycles. The van der Waals surface area contributed by atoms with Gasteiger partial charge in [0.15, 0.2) is 9.84 Å². The summed E-state index contributed by atoms with van der Waals surface area (Å²) in [6.07, 6.45) is 0.980. The quantitative estimate of drug-likeness (QED) is 0.786. The normalized spacial score (nSPS) is 15.4. The minimum absolute atomic E-state index is 0.389. The second-order valence-electron chi connectivity index (χ2n) is 3.52. The largest absolute Gasteiger partial charge is 0.480 e. The lowest BCUT2D eigenvalue weighted by atomic mass is 10.1. The number of nitrogens with two attached hydrogens (primary N) is 1. The Balaban J connectivity index is 3.23. The fraction of sp³-hybridized carbons (Fsp3) is 0.300. The topological polar surface area (TPSA) is 97.5 Å². The molecule has 16 heavy (non-hydrogen) atoms. The predicted molar refractivity (Wildman–Crippen MR) is 59.6 cm³/mol. The van der Waals surface area contributed by atoms with E-state index in [1.165, 1.54) is 0 Å². The van der Waals surface area contributed by atoms with Crippen molar-refractivity contribution in [3.8, 4) is 0 Å². The number of hydrogen-bond acceptors (Lipinski definition) is 4. The van der Waals surface area contributed by atoms with Crippen molar-refractivity contribution in [3.05, 3.63) is 35.9 Å². The van der Waals surface area contributed by atoms with Crippen LogP contribution in [0.3, 0.4) is 0 Å². The van der Waals surface area contributed by atoms with E-state index in [1.807, 2.05) is 0 Å². The van der Waals surface area contributed by atoms with Crippen LogP contribution in [-0.2, 0) is 14.6 Å². The molecule has 0 fully saturated rings. The molecule has 1 aromatic rings. The van der Waals surface area contributed by atoms with Gasteiger partial charge in [-0.05, 0) is 5.56 Å². The van der Waals surface area contributed by atoms with Crippen LogP contribution < -0.4 is 5.73 Å². The van der Waals surface area contributed by atoms with Gasteiger partial charge in [0.1, 0.15) is 11.3 Å². The maximum atomic E-state index is 11.5. The summed E-state index contributed by atoms with van der Waals surface area (Å²) in [6, 6.07) is 6.64. The van der Waals surface area contributed by atoms with Crippen LogP contribution in [0.5, 0.6) is 0 Å². The number of benzene rings is 1. The van der Waals surface area contributed by atoms with Crippen molar-refractivity contribution in [1.82, 2.24) is 0 Å². The Morgan fingerprint density at radius 3 is 2.19 bits per heavy atom. The zero-order chi connectivity index (χ0) is 12.3. The van der Waals surface area contributed by atoms with E-state index in [-0.39, 0.29) is 0 Å². The monoisotopic (exact) mass is 243 g/mol. The summed E-state index contributed by atoms with van der Waals surface area (Å²) in [5.41, 5.74) is 5.79. The number of sulfone groups is 1. The van der Waals surface area contributed by atoms with Crippen LogP contribution in [0.15, 0.2) is 30.3 Å². The third-order valence-corrected chi connectivity index (χ3v) is 3.69. The molecular weight excluding hydrogens is 230 g/mol. The van der Waals surface area contributed by atoms with Crippen molar-refractivity contribution in [3.63, 3.8) is 0 Å². The molecule has 0 spiro atoms. The summed E-state index contributed by atoms with van der Waals surface area (Å²) < 4.78 is 23.1. The van der Waals surface area contributed by atoms with E-state index in [0.29, 0.717) is 5.56 Å². The number of carbonyl (C=O) groups is 1. The van der Waals surface area contributed by atoms with Gasteiger partial charge in [0.05, 0.1) is 0 Å². The molecule has 1 rings (SSSR count). The van der Waals surface area contributed by atoms with Gasteiger partial charge < -0.3 is 10.8 Å². The Kier molecular flexibility index (Phi) is 3.66. The van der Waals surface area contributed by atoms with Crippen molar-refractivity contribution in [1.29, 1.82) is 0 Å². The Labute approximate surface area is 93.8 Å². The fourth-order valence-corrected chi connectivity index (χ4v) is 2.79. The zero-order valence-electron chi connectivity index (χ0n) is 8.70. The summed E-state index contributed by atoms with van der Waals surface area (Å²) in [4.78, 5) is 10.8. The highest BCUT2D eigenvalue weighted by Gasteiger charge is 2.33. The van der Waals surface area contributed by atoms with Crippen LogP contribution in [0, 0.1) is 0 Å². The van der Waals surface area contributed by atoms with Gasteiger partial charge in [0.25, 0.3) is 0 Å². The van der Waals surface area contributed by atoms with Gasteiger partial charge in [-0.15, -0.1) is 0 Å². The molecule has 0 aromatic heterocycles. The molecule has 0 aliphatic rings. The van der Waals surface area contributed by atoms with Crippen LogP contribution >= 0.6 is 0 Å². The second kappa shape index (κ2) is 4.63. The highest BCUT2D eigenvalue weighted by molar-refractivity contribution is 7.91. The standard InChI is InChI=1S/C10H13NO4S/c1-16(14,15)9(8(11)10(12)13)7-5-3-2-4-6-7/h2-6,8-9H,11H2,1H3,(H,12,13)/t8-,9?/m0/s1. The maximum absolute atomic E-state index is 11.5. The molecule has 5 nitrogen and oxygen atoms in total. The highest BCUT2D eigenvalue weighted by Crippen LogP contribution is 2.24. The smallest absolute Gasteiger partial charge is 0.322 e. The molecule has 88 valence electrons. The second-order valence-corrected chi connectivity index (χ2v) is 5.69. The van der Waals surface area contributed by atoms with E-state index in [9.17, 15) is 13.2 Å². The van der Waals surface area contributed by atoms with Crippen LogP contribution in [0.2, 0.25) is 0 Å². The Hall–Kier alpha value is -1.40. The minimum atomic E-state index is -3.57. The Morgan fingerprint density at radius 1 is 1.31 bits per heavy atom. The van der Waals surface area contributed by atoms with E-state index >= 15 is 0 Å². The van der Waals surface area contributed by atoms with Gasteiger partial charge in [-0.2, -0.15) is 0 Å². The van der Waals surface area contributed by atoms with Crippen LogP contribution in [-0.4, -0.2) is 31.8 Å². The first kappa shape index (κ1) is 12.7. The fourth-order valence-electron chi connectivity index (χ4n) is 1.49. The number of aliphatic carboxylic acids is 1. The van der Waals surface area contributed by atoms with Gasteiger partial charge in [-0.1, -0.05) is 30.3 Å². The summed E-state index contributed by atoms with van der Waals surface area (Å²) in [5, 5.41) is 7.57. The third-order valence-electron chi connectivity index (χ3n) is 2.20. The van der Waals surface area contributed by atoms with E-state index in [4.69, 9.17) is 10.8 Å². The molecule has 1 unspecified atom stereocenters. The minimum Gasteiger partial charge on any atom is -0.480 e. The molecule has 0 amide bonds. The molecule has 0 radical (unpaired) electrons. The first-order valence-electron chi connectivity index (χ1n) is 4.56. The van der Waals surface area contributed by atoms with Crippen LogP contribution in [0.1, 0.15) is 10.8 Å². The Morgan fingerprint density at radius 2 is 1.81 bits per heavy atom. The number of rotatable bonds is 4. The van der Waals surface area contributed by atoms with Crippen molar-refractivity contribution in [2.75, 3.05) is 6.26 Å². The van der Waals surface area contributed by atoms with E-state index in [0.717, 1.165) is 6.26 Å². The molecule has 0 saturated carbocycles. The van der Waals surface area contributed by atoms with Gasteiger partial charge in [-0.25, -0.2) is 8.42 Å². The van der Waals surface area contributed by atoms with E-state index < -0.39 is 27.1 Å². The van der Waals surface area contributed by atoms with Gasteiger partial charge in [-0.3, -0.25) is 4.79 Å². The third kappa shape index (κ3) is 2.80. The lowest BCUT2D eigenvalue weighted by Crippen LogP contribution is -2.40. The average molecular weight is 243 g/mol. The van der Waals surface area contributed by atoms with Crippen molar-refractivity contribution < 1.29 is 18.3 Å². The molecule has 0 bridgehead atoms. The number of hydrogen-bond donors (Lipinski definition) is 2. The SMILES string of the molecule is CS(=O)(=O)C(c1ccccc1)[C@H](N)C(=O)O. The zero-order valence-corrected chi connectivity index (χ0v) is 9.52. The van der Waals surface area contributed by atoms with E-state index in [1.54, 1.807) is 30.3 Å². The first-order valence-corrected chi connectivity index (χ1v) is 6.51. The van der Waals surface area contributed by atoms with Crippen molar-refractivity contribution >= 4 is 15.8 Å². The van der Waals surface area contributed by atoms with Gasteiger partial charge in [0, 0.05) is 6.26 Å². The number of carboxylic acids is 1. The molecule has 1 aromatic carbocycles. The lowest BCUT2D eigenvalue weighted by Gasteiger charge is -2.19. The maximum Gasteiger partial charge on any atom is 0.322 e. The molecule has 6 heteroatoms. The van der Waals surface area contributed by atoms with Crippen LogP contribution in [0.25, 0.3) is 0 Å². The molecule has 0 aliphatic carbocycles. The Bertz CT molecular complexity index is 469.